The number of amides is 3. The van der Waals surface area contributed by atoms with E-state index in [1.54, 1.807) is 30.3 Å². The van der Waals surface area contributed by atoms with Crippen molar-refractivity contribution in [3.05, 3.63) is 95.1 Å². The molecule has 17 heteroatoms. The minimum Gasteiger partial charge on any atom is -0.353 e. The maximum Gasteiger partial charge on any atom is 0.400 e. The second-order valence-electron chi connectivity index (χ2n) is 12.3. The van der Waals surface area contributed by atoms with Gasteiger partial charge >= 0.3 is 12.2 Å². The molecule has 3 amide bonds. The van der Waals surface area contributed by atoms with E-state index in [1.165, 1.54) is 42.2 Å². The van der Waals surface area contributed by atoms with Crippen molar-refractivity contribution in [3.63, 3.8) is 0 Å². The third kappa shape index (κ3) is 7.00. The molecule has 2 aliphatic rings. The average Bonchev–Trinajstić information content (AvgIpc) is 3.79. The minimum atomic E-state index is -4.57. The lowest BCUT2D eigenvalue weighted by Crippen LogP contribution is -2.49. The molecule has 2 fully saturated rings. The number of benzene rings is 2. The van der Waals surface area contributed by atoms with Gasteiger partial charge in [-0.1, -0.05) is 29.8 Å². The summed E-state index contributed by atoms with van der Waals surface area (Å²) in [5, 5.41) is 7.18. The normalized spacial score (nSPS) is 15.9. The zero-order valence-corrected chi connectivity index (χ0v) is 28.1. The number of urea groups is 1. The van der Waals surface area contributed by atoms with Crippen molar-refractivity contribution in [1.82, 2.24) is 19.7 Å². The number of nitrogens with zero attached hydrogens (tertiary/aromatic N) is 6. The van der Waals surface area contributed by atoms with Crippen LogP contribution >= 0.6 is 0 Å². The second-order valence-corrected chi connectivity index (χ2v) is 13.8. The summed E-state index contributed by atoms with van der Waals surface area (Å²) in [6, 6.07) is 15.4. The van der Waals surface area contributed by atoms with Crippen LogP contribution in [0.2, 0.25) is 0 Å². The summed E-state index contributed by atoms with van der Waals surface area (Å²) in [6.45, 7) is 4.65. The van der Waals surface area contributed by atoms with Crippen molar-refractivity contribution in [2.45, 2.75) is 38.3 Å². The fraction of sp³-hybridized carbons (Fsp3) is 0.333. The largest absolute Gasteiger partial charge is 0.400 e. The Morgan fingerprint density at radius 2 is 1.62 bits per heavy atom. The van der Waals surface area contributed by atoms with Gasteiger partial charge in [-0.15, -0.1) is 4.28 Å². The van der Waals surface area contributed by atoms with Crippen molar-refractivity contribution in [2.24, 2.45) is 0 Å². The van der Waals surface area contributed by atoms with E-state index in [0.29, 0.717) is 29.7 Å². The Morgan fingerprint density at radius 1 is 0.960 bits per heavy atom. The molecule has 4 aromatic rings. The zero-order chi connectivity index (χ0) is 36.0. The van der Waals surface area contributed by atoms with Gasteiger partial charge in [0, 0.05) is 32.2 Å². The monoisotopic (exact) mass is 715 g/mol. The quantitative estimate of drug-likeness (QED) is 0.187. The molecule has 2 aromatic heterocycles. The molecule has 1 N–H and O–H groups in total. The first kappa shape index (κ1) is 34.8. The van der Waals surface area contributed by atoms with Crippen LogP contribution < -0.4 is 15.3 Å². The molecule has 12 nitrogen and oxygen atoms in total. The van der Waals surface area contributed by atoms with Gasteiger partial charge in [0.05, 0.1) is 34.6 Å². The molecule has 0 unspecified atom stereocenters. The minimum absolute atomic E-state index is 0.0194. The molecule has 50 heavy (non-hydrogen) atoms. The van der Waals surface area contributed by atoms with E-state index in [0.717, 1.165) is 22.6 Å². The van der Waals surface area contributed by atoms with E-state index >= 15 is 0 Å². The number of aromatic nitrogens is 3. The summed E-state index contributed by atoms with van der Waals surface area (Å²) in [5.74, 6) is -0.710. The first-order chi connectivity index (χ1) is 23.6. The Bertz CT molecular complexity index is 2040. The van der Waals surface area contributed by atoms with E-state index < -0.39 is 39.5 Å². The maximum absolute atomic E-state index is 14.2. The lowest BCUT2D eigenvalue weighted by Gasteiger charge is -2.35. The smallest absolute Gasteiger partial charge is 0.353 e. The van der Waals surface area contributed by atoms with E-state index in [-0.39, 0.29) is 54.4 Å². The Labute approximate surface area is 285 Å². The standard InChI is InChI=1S/C33H33F4N7O5S/c1-21-8-10-23(11-9-21)43-29(20-27(40-43)32(14-15-32)33(35,36)37)39-31(46)44(49-50(3,47)48)26-12-13-28(38-22(26)2)41-16-18-42(19-17-41)30(45)24-6-4-5-7-25(24)34/h4-13,20H,14-19H2,1-3H3,(H,39,46). The van der Waals surface area contributed by atoms with Gasteiger partial charge in [-0.3, -0.25) is 10.1 Å². The van der Waals surface area contributed by atoms with Crippen LogP contribution in [0.25, 0.3) is 5.69 Å². The maximum atomic E-state index is 14.2. The van der Waals surface area contributed by atoms with Gasteiger partial charge in [-0.2, -0.15) is 31.8 Å². The van der Waals surface area contributed by atoms with Crippen LogP contribution in [0.4, 0.5) is 39.7 Å². The molecule has 3 heterocycles. The van der Waals surface area contributed by atoms with Gasteiger partial charge in [0.15, 0.2) is 0 Å². The highest BCUT2D eigenvalue weighted by atomic mass is 32.2. The molecular formula is C33H33F4N7O5S. The number of hydroxylamine groups is 1. The van der Waals surface area contributed by atoms with Gasteiger partial charge < -0.3 is 9.80 Å². The van der Waals surface area contributed by atoms with Crippen LogP contribution in [0.5, 0.6) is 0 Å². The molecule has 1 saturated heterocycles. The number of piperazine rings is 1. The highest BCUT2D eigenvalue weighted by molar-refractivity contribution is 7.86. The highest BCUT2D eigenvalue weighted by Crippen LogP contribution is 2.58. The van der Waals surface area contributed by atoms with Crippen molar-refractivity contribution >= 4 is 39.4 Å². The zero-order valence-electron chi connectivity index (χ0n) is 27.2. The lowest BCUT2D eigenvalue weighted by atomic mass is 10.0. The number of hydrogen-bond donors (Lipinski definition) is 1. The van der Waals surface area contributed by atoms with Crippen LogP contribution in [-0.2, 0) is 19.8 Å². The van der Waals surface area contributed by atoms with Gasteiger partial charge in [-0.05, 0) is 63.1 Å². The summed E-state index contributed by atoms with van der Waals surface area (Å²) in [6.07, 6.45) is -4.15. The van der Waals surface area contributed by atoms with Crippen LogP contribution in [0.1, 0.15) is 40.2 Å². The molecule has 6 rings (SSSR count). The van der Waals surface area contributed by atoms with E-state index in [9.17, 15) is 35.6 Å². The van der Waals surface area contributed by atoms with Crippen LogP contribution in [0.15, 0.2) is 66.7 Å². The average molecular weight is 716 g/mol. The first-order valence-electron chi connectivity index (χ1n) is 15.6. The molecule has 1 saturated carbocycles. The third-order valence-electron chi connectivity index (χ3n) is 8.66. The molecular weight excluding hydrogens is 682 g/mol. The number of anilines is 3. The number of nitrogens with one attached hydrogen (secondary N) is 1. The number of hydrogen-bond acceptors (Lipinski definition) is 8. The Hall–Kier alpha value is -5.03. The molecule has 0 spiro atoms. The molecule has 0 bridgehead atoms. The number of halogens is 4. The van der Waals surface area contributed by atoms with Crippen LogP contribution in [0.3, 0.4) is 0 Å². The number of pyridine rings is 1. The third-order valence-corrected chi connectivity index (χ3v) is 9.08. The molecule has 1 aliphatic carbocycles. The fourth-order valence-corrected chi connectivity index (χ4v) is 6.17. The summed E-state index contributed by atoms with van der Waals surface area (Å²) < 4.78 is 87.2. The summed E-state index contributed by atoms with van der Waals surface area (Å²) in [4.78, 5) is 34.5. The lowest BCUT2D eigenvalue weighted by molar-refractivity contribution is -0.161. The summed E-state index contributed by atoms with van der Waals surface area (Å²) in [7, 11) is -4.30. The highest BCUT2D eigenvalue weighted by Gasteiger charge is 2.66. The number of alkyl halides is 3. The number of aryl methyl sites for hydroxylation is 2. The van der Waals surface area contributed by atoms with Crippen molar-refractivity contribution < 1.29 is 39.9 Å². The molecule has 264 valence electrons. The number of rotatable bonds is 8. The number of carbonyl (C=O) groups is 2. The molecule has 0 radical (unpaired) electrons. The first-order valence-corrected chi connectivity index (χ1v) is 17.4. The topological polar surface area (TPSA) is 130 Å². The Kier molecular flexibility index (Phi) is 9.07. The predicted octanol–water partition coefficient (Wildman–Crippen LogP) is 5.51. The Morgan fingerprint density at radius 3 is 2.20 bits per heavy atom. The van der Waals surface area contributed by atoms with Crippen LogP contribution in [0, 0.1) is 19.7 Å². The summed E-state index contributed by atoms with van der Waals surface area (Å²) >= 11 is 0. The van der Waals surface area contributed by atoms with Gasteiger partial charge in [0.2, 0.25) is 0 Å². The molecule has 0 atom stereocenters. The van der Waals surface area contributed by atoms with Crippen molar-refractivity contribution in [2.75, 3.05) is 47.7 Å². The van der Waals surface area contributed by atoms with Crippen LogP contribution in [-0.4, -0.2) is 78.6 Å². The molecule has 1 aliphatic heterocycles. The van der Waals surface area contributed by atoms with E-state index in [1.807, 2.05) is 11.8 Å². The number of carbonyl (C=O) groups excluding carboxylic acids is 2. The van der Waals surface area contributed by atoms with Crippen molar-refractivity contribution in [1.29, 1.82) is 0 Å². The fourth-order valence-electron chi connectivity index (χ4n) is 5.75. The van der Waals surface area contributed by atoms with E-state index in [4.69, 9.17) is 4.28 Å². The van der Waals surface area contributed by atoms with Gasteiger partial charge in [0.1, 0.15) is 22.9 Å². The SMILES string of the molecule is Cc1ccc(-n2nc(C3(C(F)(F)F)CC3)cc2NC(=O)N(OS(C)(=O)=O)c2ccc(N3CCN(C(=O)c4ccccc4F)CC3)nc2C)cc1. The van der Waals surface area contributed by atoms with Gasteiger partial charge in [0.25, 0.3) is 16.0 Å². The molecule has 2 aromatic carbocycles. The van der Waals surface area contributed by atoms with Gasteiger partial charge in [-0.25, -0.2) is 18.9 Å². The van der Waals surface area contributed by atoms with E-state index in [2.05, 4.69) is 15.4 Å². The predicted molar refractivity (Wildman–Crippen MR) is 176 cm³/mol. The Balaban J connectivity index is 1.25. The summed E-state index contributed by atoms with van der Waals surface area (Å²) in [5.41, 5.74) is -1.07. The second kappa shape index (κ2) is 13.0. The van der Waals surface area contributed by atoms with Crippen molar-refractivity contribution in [3.8, 4) is 5.69 Å².